The topological polar surface area (TPSA) is 108 Å². The van der Waals surface area contributed by atoms with Crippen LogP contribution in [0.25, 0.3) is 0 Å². The Balaban J connectivity index is 1.48. The van der Waals surface area contributed by atoms with E-state index in [0.29, 0.717) is 18.5 Å². The number of rotatable bonds is 6. The Kier molecular flexibility index (Phi) is 6.55. The minimum Gasteiger partial charge on any atom is -0.347 e. The van der Waals surface area contributed by atoms with Crippen molar-refractivity contribution in [1.82, 2.24) is 14.6 Å². The predicted octanol–water partition coefficient (Wildman–Crippen LogP) is 1.38. The van der Waals surface area contributed by atoms with E-state index in [4.69, 9.17) is 0 Å². The summed E-state index contributed by atoms with van der Waals surface area (Å²) in [6.07, 6.45) is 3.78. The Morgan fingerprint density at radius 2 is 1.69 bits per heavy atom. The van der Waals surface area contributed by atoms with Crippen molar-refractivity contribution >= 4 is 27.5 Å². The number of piperidine rings is 1. The molecule has 1 aromatic heterocycles. The lowest BCUT2D eigenvalue weighted by Crippen LogP contribution is -2.44. The first-order valence-electron chi connectivity index (χ1n) is 9.09. The lowest BCUT2D eigenvalue weighted by Gasteiger charge is -2.30. The average Bonchev–Trinajstić information content (AvgIpc) is 2.73. The highest BCUT2D eigenvalue weighted by Crippen LogP contribution is 2.24. The first-order chi connectivity index (χ1) is 13.9. The second-order valence-electron chi connectivity index (χ2n) is 6.63. The summed E-state index contributed by atoms with van der Waals surface area (Å²) in [6.45, 7) is 0.192. The minimum atomic E-state index is -3.72. The van der Waals surface area contributed by atoms with Gasteiger partial charge in [-0.1, -0.05) is 0 Å². The van der Waals surface area contributed by atoms with Crippen molar-refractivity contribution in [3.63, 3.8) is 0 Å². The van der Waals surface area contributed by atoms with Crippen LogP contribution in [0.2, 0.25) is 0 Å². The van der Waals surface area contributed by atoms with Crippen molar-refractivity contribution in [1.29, 1.82) is 0 Å². The fraction of sp³-hybridized carbons (Fsp3) is 0.316. The standard InChI is InChI=1S/C19H21FN4O4S/c20-15-1-3-17(4-2-15)29(27,28)24-11-7-14(8-12-24)19(26)22-13-18(25)23-16-5-9-21-10-6-16/h1-6,9-10,14H,7-8,11-13H2,(H,22,26)(H,21,23,25). The van der Waals surface area contributed by atoms with Gasteiger partial charge in [-0.2, -0.15) is 4.31 Å². The number of anilines is 1. The molecule has 2 N–H and O–H groups in total. The van der Waals surface area contributed by atoms with Gasteiger partial charge in [0, 0.05) is 37.1 Å². The van der Waals surface area contributed by atoms with Gasteiger partial charge in [-0.3, -0.25) is 14.6 Å². The van der Waals surface area contributed by atoms with E-state index in [9.17, 15) is 22.4 Å². The van der Waals surface area contributed by atoms with Crippen LogP contribution in [-0.2, 0) is 19.6 Å². The predicted molar refractivity (Wildman–Crippen MR) is 104 cm³/mol. The van der Waals surface area contributed by atoms with Crippen LogP contribution < -0.4 is 10.6 Å². The number of amides is 2. The number of sulfonamides is 1. The Labute approximate surface area is 168 Å². The molecular formula is C19H21FN4O4S. The summed E-state index contributed by atoms with van der Waals surface area (Å²) in [6, 6.07) is 7.93. The van der Waals surface area contributed by atoms with Crippen LogP contribution in [0, 0.1) is 11.7 Å². The number of aromatic nitrogens is 1. The minimum absolute atomic E-state index is 0.0228. The maximum absolute atomic E-state index is 13.0. The van der Waals surface area contributed by atoms with Crippen molar-refractivity contribution in [3.8, 4) is 0 Å². The van der Waals surface area contributed by atoms with Gasteiger partial charge in [0.15, 0.2) is 0 Å². The molecule has 29 heavy (non-hydrogen) atoms. The number of hydrogen-bond donors (Lipinski definition) is 2. The van der Waals surface area contributed by atoms with Crippen molar-refractivity contribution in [3.05, 3.63) is 54.6 Å². The first-order valence-corrected chi connectivity index (χ1v) is 10.5. The zero-order chi connectivity index (χ0) is 20.9. The molecule has 0 atom stereocenters. The van der Waals surface area contributed by atoms with Crippen molar-refractivity contribution in [2.45, 2.75) is 17.7 Å². The number of nitrogens with one attached hydrogen (secondary N) is 2. The van der Waals surface area contributed by atoms with E-state index < -0.39 is 15.8 Å². The molecule has 154 valence electrons. The molecule has 2 heterocycles. The molecule has 0 radical (unpaired) electrons. The molecule has 1 aromatic carbocycles. The third kappa shape index (κ3) is 5.36. The second-order valence-corrected chi connectivity index (χ2v) is 8.57. The number of halogens is 1. The van der Waals surface area contributed by atoms with Crippen LogP contribution in [0.1, 0.15) is 12.8 Å². The molecule has 10 heteroatoms. The first kappa shape index (κ1) is 20.9. The summed E-state index contributed by atoms with van der Waals surface area (Å²) in [5.74, 6) is -1.52. The van der Waals surface area contributed by atoms with Gasteiger partial charge in [0.1, 0.15) is 5.82 Å². The molecular weight excluding hydrogens is 399 g/mol. The van der Waals surface area contributed by atoms with Gasteiger partial charge in [-0.25, -0.2) is 12.8 Å². The monoisotopic (exact) mass is 420 g/mol. The van der Waals surface area contributed by atoms with E-state index in [1.54, 1.807) is 24.5 Å². The molecule has 1 aliphatic rings. The summed E-state index contributed by atoms with van der Waals surface area (Å²) >= 11 is 0. The van der Waals surface area contributed by atoms with Crippen LogP contribution >= 0.6 is 0 Å². The van der Waals surface area contributed by atoms with E-state index in [2.05, 4.69) is 15.6 Å². The van der Waals surface area contributed by atoms with Crippen molar-refractivity contribution in [2.24, 2.45) is 5.92 Å². The number of benzene rings is 1. The van der Waals surface area contributed by atoms with E-state index in [-0.39, 0.29) is 42.3 Å². The van der Waals surface area contributed by atoms with Gasteiger partial charge in [-0.15, -0.1) is 0 Å². The summed E-state index contributed by atoms with van der Waals surface area (Å²) in [4.78, 5) is 28.1. The molecule has 0 saturated carbocycles. The van der Waals surface area contributed by atoms with E-state index in [1.807, 2.05) is 0 Å². The molecule has 0 bridgehead atoms. The molecule has 2 amide bonds. The number of carbonyl (C=O) groups excluding carboxylic acids is 2. The lowest BCUT2D eigenvalue weighted by molar-refractivity contribution is -0.128. The molecule has 3 rings (SSSR count). The smallest absolute Gasteiger partial charge is 0.243 e. The maximum Gasteiger partial charge on any atom is 0.243 e. The molecule has 0 aliphatic carbocycles. The Morgan fingerprint density at radius 1 is 1.07 bits per heavy atom. The van der Waals surface area contributed by atoms with Crippen LogP contribution in [0.5, 0.6) is 0 Å². The van der Waals surface area contributed by atoms with Gasteiger partial charge < -0.3 is 10.6 Å². The van der Waals surface area contributed by atoms with Crippen LogP contribution in [0.3, 0.4) is 0 Å². The fourth-order valence-corrected chi connectivity index (χ4v) is 4.54. The fourth-order valence-electron chi connectivity index (χ4n) is 3.07. The van der Waals surface area contributed by atoms with E-state index in [1.165, 1.54) is 16.4 Å². The zero-order valence-corrected chi connectivity index (χ0v) is 16.4. The Bertz CT molecular complexity index is 959. The van der Waals surface area contributed by atoms with Gasteiger partial charge in [0.05, 0.1) is 11.4 Å². The number of hydrogen-bond acceptors (Lipinski definition) is 5. The molecule has 1 saturated heterocycles. The third-order valence-corrected chi connectivity index (χ3v) is 6.58. The highest BCUT2D eigenvalue weighted by Gasteiger charge is 2.32. The second kappa shape index (κ2) is 9.10. The van der Waals surface area contributed by atoms with Gasteiger partial charge >= 0.3 is 0 Å². The Morgan fingerprint density at radius 3 is 2.31 bits per heavy atom. The van der Waals surface area contributed by atoms with E-state index in [0.717, 1.165) is 12.1 Å². The van der Waals surface area contributed by atoms with Crippen molar-refractivity contribution < 1.29 is 22.4 Å². The summed E-state index contributed by atoms with van der Waals surface area (Å²) in [5.41, 5.74) is 0.582. The maximum atomic E-state index is 13.0. The number of carbonyl (C=O) groups is 2. The molecule has 8 nitrogen and oxygen atoms in total. The molecule has 2 aromatic rings. The zero-order valence-electron chi connectivity index (χ0n) is 15.5. The summed E-state index contributed by atoms with van der Waals surface area (Å²) in [5, 5.41) is 5.23. The van der Waals surface area contributed by atoms with Gasteiger partial charge in [0.2, 0.25) is 21.8 Å². The molecule has 1 fully saturated rings. The van der Waals surface area contributed by atoms with Crippen molar-refractivity contribution in [2.75, 3.05) is 25.0 Å². The normalized spacial score (nSPS) is 15.6. The quantitative estimate of drug-likeness (QED) is 0.734. The summed E-state index contributed by atoms with van der Waals surface area (Å²) < 4.78 is 39.5. The van der Waals surface area contributed by atoms with Gasteiger partial charge in [0.25, 0.3) is 0 Å². The average molecular weight is 420 g/mol. The highest BCUT2D eigenvalue weighted by molar-refractivity contribution is 7.89. The van der Waals surface area contributed by atoms with E-state index >= 15 is 0 Å². The number of nitrogens with zero attached hydrogens (tertiary/aromatic N) is 2. The largest absolute Gasteiger partial charge is 0.347 e. The highest BCUT2D eigenvalue weighted by atomic mass is 32.2. The third-order valence-electron chi connectivity index (χ3n) is 4.66. The Hall–Kier alpha value is -2.85. The van der Waals surface area contributed by atoms with Crippen LogP contribution in [0.15, 0.2) is 53.7 Å². The van der Waals surface area contributed by atoms with Crippen LogP contribution in [-0.4, -0.2) is 49.2 Å². The molecule has 0 spiro atoms. The number of pyridine rings is 1. The lowest BCUT2D eigenvalue weighted by atomic mass is 9.97. The van der Waals surface area contributed by atoms with Gasteiger partial charge in [-0.05, 0) is 49.2 Å². The SMILES string of the molecule is O=C(CNC(=O)C1CCN(S(=O)(=O)c2ccc(F)cc2)CC1)Nc1ccncc1. The van der Waals surface area contributed by atoms with Crippen LogP contribution in [0.4, 0.5) is 10.1 Å². The summed E-state index contributed by atoms with van der Waals surface area (Å²) in [7, 11) is -3.72. The molecule has 1 aliphatic heterocycles. The molecule has 0 unspecified atom stereocenters.